The molecule has 0 aliphatic carbocycles. The highest BCUT2D eigenvalue weighted by Crippen LogP contribution is 2.36. The van der Waals surface area contributed by atoms with Crippen molar-refractivity contribution in [2.24, 2.45) is 15.9 Å². The fraction of sp³-hybridized carbons (Fsp3) is 0.333. The van der Waals surface area contributed by atoms with Gasteiger partial charge in [-0.15, -0.1) is 0 Å². The molecule has 1 fully saturated rings. The lowest BCUT2D eigenvalue weighted by Gasteiger charge is -2.28. The Balaban J connectivity index is 1.60. The van der Waals surface area contributed by atoms with Crippen LogP contribution in [0.3, 0.4) is 0 Å². The predicted molar refractivity (Wildman–Crippen MR) is 156 cm³/mol. The van der Waals surface area contributed by atoms with Gasteiger partial charge in [0.15, 0.2) is 5.82 Å². The molecule has 8 nitrogen and oxygen atoms in total. The average molecular weight is 531 g/mol. The van der Waals surface area contributed by atoms with Gasteiger partial charge in [0.05, 0.1) is 12.7 Å². The second-order valence-corrected chi connectivity index (χ2v) is 9.84. The summed E-state index contributed by atoms with van der Waals surface area (Å²) in [5.74, 6) is 1.28. The number of anilines is 1. The lowest BCUT2D eigenvalue weighted by Crippen LogP contribution is -2.39. The molecule has 0 bridgehead atoms. The number of ether oxygens (including phenoxy) is 1. The number of rotatable bonds is 10. The predicted octanol–water partition coefficient (Wildman–Crippen LogP) is 5.78. The summed E-state index contributed by atoms with van der Waals surface area (Å²) in [7, 11) is 5.70. The van der Waals surface area contributed by atoms with Gasteiger partial charge in [-0.25, -0.2) is 14.4 Å². The van der Waals surface area contributed by atoms with E-state index in [0.717, 1.165) is 12.4 Å². The molecular formula is C30H35FN6O2. The van der Waals surface area contributed by atoms with Crippen LogP contribution in [0.1, 0.15) is 30.9 Å². The third-order valence-corrected chi connectivity index (χ3v) is 7.44. The molecule has 2 heterocycles. The van der Waals surface area contributed by atoms with Gasteiger partial charge >= 0.3 is 0 Å². The first kappa shape index (κ1) is 27.9. The maximum atomic E-state index is 14.9. The first-order chi connectivity index (χ1) is 18.9. The molecule has 1 aliphatic rings. The molecular weight excluding hydrogens is 495 g/mol. The summed E-state index contributed by atoms with van der Waals surface area (Å²) >= 11 is 0. The van der Waals surface area contributed by atoms with Gasteiger partial charge in [-0.05, 0) is 73.8 Å². The van der Waals surface area contributed by atoms with Gasteiger partial charge in [0, 0.05) is 43.7 Å². The van der Waals surface area contributed by atoms with Crippen LogP contribution in [0, 0.1) is 10.7 Å². The van der Waals surface area contributed by atoms with Gasteiger partial charge in [-0.2, -0.15) is 4.91 Å². The highest BCUT2D eigenvalue weighted by molar-refractivity contribution is 6.10. The van der Waals surface area contributed by atoms with Crippen molar-refractivity contribution in [3.8, 4) is 16.9 Å². The fourth-order valence-corrected chi connectivity index (χ4v) is 5.01. The number of hydrogen-bond acceptors (Lipinski definition) is 8. The Morgan fingerprint density at radius 3 is 2.72 bits per heavy atom. The largest absolute Gasteiger partial charge is 0.496 e. The van der Waals surface area contributed by atoms with E-state index in [9.17, 15) is 9.30 Å². The normalized spacial score (nSPS) is 18.0. The van der Waals surface area contributed by atoms with Gasteiger partial charge < -0.3 is 15.4 Å². The number of likely N-dealkylation sites (N-methyl/N-ethyl adjacent to an activating group) is 2. The molecule has 1 aliphatic heterocycles. The Morgan fingerprint density at radius 1 is 1.23 bits per heavy atom. The van der Waals surface area contributed by atoms with Crippen LogP contribution < -0.4 is 15.4 Å². The first-order valence-electron chi connectivity index (χ1n) is 13.0. The van der Waals surface area contributed by atoms with E-state index in [0.29, 0.717) is 45.9 Å². The van der Waals surface area contributed by atoms with Crippen molar-refractivity contribution in [3.05, 3.63) is 82.6 Å². The monoisotopic (exact) mass is 530 g/mol. The Kier molecular flexibility index (Phi) is 9.03. The van der Waals surface area contributed by atoms with E-state index in [-0.39, 0.29) is 12.1 Å². The van der Waals surface area contributed by atoms with Crippen molar-refractivity contribution >= 4 is 23.4 Å². The van der Waals surface area contributed by atoms with E-state index in [4.69, 9.17) is 15.5 Å². The zero-order valence-electron chi connectivity index (χ0n) is 22.8. The van der Waals surface area contributed by atoms with Crippen molar-refractivity contribution < 1.29 is 9.13 Å². The minimum atomic E-state index is -0.464. The smallest absolute Gasteiger partial charge is 0.154 e. The lowest BCUT2D eigenvalue weighted by molar-refractivity contribution is 0.256. The number of pyridine rings is 1. The Hall–Kier alpha value is -4.11. The summed E-state index contributed by atoms with van der Waals surface area (Å²) in [6.07, 6.45) is 5.45. The highest BCUT2D eigenvalue weighted by atomic mass is 19.1. The van der Waals surface area contributed by atoms with Crippen LogP contribution in [0.2, 0.25) is 0 Å². The second kappa shape index (κ2) is 12.6. The third kappa shape index (κ3) is 6.31. The van der Waals surface area contributed by atoms with E-state index in [1.807, 2.05) is 25.2 Å². The molecule has 2 aromatic carbocycles. The van der Waals surface area contributed by atoms with Gasteiger partial charge in [0.2, 0.25) is 0 Å². The number of nitroso groups, excluding NO2 is 1. The zero-order chi connectivity index (χ0) is 27.9. The fourth-order valence-electron chi connectivity index (χ4n) is 5.01. The minimum absolute atomic E-state index is 0.108. The first-order valence-corrected chi connectivity index (χ1v) is 13.0. The van der Waals surface area contributed by atoms with Crippen LogP contribution in [0.5, 0.6) is 5.75 Å². The highest BCUT2D eigenvalue weighted by Gasteiger charge is 2.28. The van der Waals surface area contributed by atoms with E-state index in [2.05, 4.69) is 33.9 Å². The van der Waals surface area contributed by atoms with E-state index >= 15 is 0 Å². The number of aliphatic imine (C=N–C) groups is 1. The van der Waals surface area contributed by atoms with Crippen molar-refractivity contribution in [3.63, 3.8) is 0 Å². The number of allylic oxidation sites excluding steroid dienone is 1. The average Bonchev–Trinajstić information content (AvgIpc) is 3.26. The zero-order valence-corrected chi connectivity index (χ0v) is 22.8. The lowest BCUT2D eigenvalue weighted by atomic mass is 9.94. The molecule has 204 valence electrons. The molecule has 2 atom stereocenters. The Labute approximate surface area is 229 Å². The standard InChI is InChI=1S/C30H35FN6O2/c1-20-11-14-24(37(20)3)19-36(2)29-10-6-9-28(35-29)33-17-23(16-32)21-12-13-22(18-34-38)25(15-21)30-26(31)7-5-8-27(30)39-4/h5-10,12-13,15-17,20,24H,11,14,18-19,32H2,1-4H3/b23-16+,33-17?. The summed E-state index contributed by atoms with van der Waals surface area (Å²) in [6, 6.07) is 16.7. The number of halogens is 1. The number of methoxy groups -OCH3 is 1. The molecule has 1 aromatic heterocycles. The molecule has 39 heavy (non-hydrogen) atoms. The van der Waals surface area contributed by atoms with Crippen molar-refractivity contribution in [1.29, 1.82) is 0 Å². The van der Waals surface area contributed by atoms with E-state index < -0.39 is 5.82 Å². The number of likely N-dealkylation sites (tertiary alicyclic amines) is 1. The minimum Gasteiger partial charge on any atom is -0.496 e. The number of nitrogens with two attached hydrogens (primary N) is 1. The van der Waals surface area contributed by atoms with Crippen LogP contribution in [-0.2, 0) is 6.54 Å². The molecule has 0 saturated carbocycles. The maximum absolute atomic E-state index is 14.9. The summed E-state index contributed by atoms with van der Waals surface area (Å²) in [4.78, 5) is 25.0. The van der Waals surface area contributed by atoms with Crippen molar-refractivity contribution in [1.82, 2.24) is 9.88 Å². The van der Waals surface area contributed by atoms with Crippen molar-refractivity contribution in [2.75, 3.05) is 32.6 Å². The second-order valence-electron chi connectivity index (χ2n) is 9.84. The molecule has 3 aromatic rings. The third-order valence-electron chi connectivity index (χ3n) is 7.44. The summed E-state index contributed by atoms with van der Waals surface area (Å²) in [5, 5.41) is 3.02. The Morgan fingerprint density at radius 2 is 2.03 bits per heavy atom. The molecule has 0 amide bonds. The molecule has 0 spiro atoms. The molecule has 2 N–H and O–H groups in total. The summed E-state index contributed by atoms with van der Waals surface area (Å²) in [6.45, 7) is 3.04. The van der Waals surface area contributed by atoms with Crippen molar-refractivity contribution in [2.45, 2.75) is 38.4 Å². The van der Waals surface area contributed by atoms with Crippen LogP contribution in [0.25, 0.3) is 16.7 Å². The SMILES string of the molecule is COc1cccc(F)c1-c1cc(/C(C=Nc2cccc(N(C)CC3CCC(C)N3C)n2)=C/N)ccc1CN=O. The summed E-state index contributed by atoms with van der Waals surface area (Å²) in [5.41, 5.74) is 8.62. The van der Waals surface area contributed by atoms with Gasteiger partial charge in [-0.3, -0.25) is 4.90 Å². The van der Waals surface area contributed by atoms with E-state index in [1.165, 1.54) is 32.2 Å². The molecule has 9 heteroatoms. The topological polar surface area (TPSA) is 96.4 Å². The summed E-state index contributed by atoms with van der Waals surface area (Å²) < 4.78 is 20.3. The molecule has 4 rings (SSSR count). The Bertz CT molecular complexity index is 1380. The molecule has 2 unspecified atom stereocenters. The number of hydrogen-bond donors (Lipinski definition) is 1. The van der Waals surface area contributed by atoms with Crippen LogP contribution in [0.4, 0.5) is 16.0 Å². The number of benzene rings is 2. The van der Waals surface area contributed by atoms with Gasteiger partial charge in [-0.1, -0.05) is 29.4 Å². The van der Waals surface area contributed by atoms with Gasteiger partial charge in [0.25, 0.3) is 0 Å². The number of nitrogens with zero attached hydrogens (tertiary/aromatic N) is 5. The van der Waals surface area contributed by atoms with Crippen LogP contribution in [-0.4, -0.2) is 55.9 Å². The maximum Gasteiger partial charge on any atom is 0.154 e. The molecule has 0 radical (unpaired) electrons. The van der Waals surface area contributed by atoms with Gasteiger partial charge in [0.1, 0.15) is 23.9 Å². The van der Waals surface area contributed by atoms with Crippen LogP contribution in [0.15, 0.2) is 71.0 Å². The van der Waals surface area contributed by atoms with Crippen LogP contribution >= 0.6 is 0 Å². The van der Waals surface area contributed by atoms with E-state index in [1.54, 1.807) is 36.5 Å². The quantitative estimate of drug-likeness (QED) is 0.264. The number of aromatic nitrogens is 1. The molecule has 1 saturated heterocycles.